The standard InChI is InChI=1S/C22H25N3O3/c1-25(2)19(15-8-10-17(27-3)11-9-15)14-24-21-20-16(12-13-23-21)6-5-7-18(20)22(26)28-4/h5-13,19H,14H2,1-4H3,(H,23,24). The Kier molecular flexibility index (Phi) is 6.11. The molecular formula is C22H25N3O3. The molecule has 0 radical (unpaired) electrons. The number of nitrogens with zero attached hydrogens (tertiary/aromatic N) is 2. The van der Waals surface area contributed by atoms with Crippen molar-refractivity contribution in [2.75, 3.05) is 40.2 Å². The number of nitrogens with one attached hydrogen (secondary N) is 1. The van der Waals surface area contributed by atoms with E-state index in [0.717, 1.165) is 22.1 Å². The minimum Gasteiger partial charge on any atom is -0.497 e. The van der Waals surface area contributed by atoms with Crippen LogP contribution < -0.4 is 10.1 Å². The van der Waals surface area contributed by atoms with Crippen molar-refractivity contribution in [3.63, 3.8) is 0 Å². The molecule has 0 spiro atoms. The van der Waals surface area contributed by atoms with Crippen molar-refractivity contribution in [1.82, 2.24) is 9.88 Å². The van der Waals surface area contributed by atoms with E-state index in [9.17, 15) is 4.79 Å². The Balaban J connectivity index is 1.91. The van der Waals surface area contributed by atoms with Gasteiger partial charge in [0.25, 0.3) is 0 Å². The maximum atomic E-state index is 12.2. The number of benzene rings is 2. The highest BCUT2D eigenvalue weighted by molar-refractivity contribution is 6.08. The van der Waals surface area contributed by atoms with Crippen LogP contribution >= 0.6 is 0 Å². The summed E-state index contributed by atoms with van der Waals surface area (Å²) >= 11 is 0. The number of pyridine rings is 1. The summed E-state index contributed by atoms with van der Waals surface area (Å²) in [6.07, 6.45) is 1.74. The molecule has 0 aliphatic carbocycles. The van der Waals surface area contributed by atoms with Crippen LogP contribution in [0, 0.1) is 0 Å². The number of anilines is 1. The number of aromatic nitrogens is 1. The second-order valence-corrected chi connectivity index (χ2v) is 6.69. The smallest absolute Gasteiger partial charge is 0.338 e. The third kappa shape index (κ3) is 4.07. The number of hydrogen-bond acceptors (Lipinski definition) is 6. The highest BCUT2D eigenvalue weighted by Crippen LogP contribution is 2.27. The molecule has 3 rings (SSSR count). The Labute approximate surface area is 165 Å². The topological polar surface area (TPSA) is 63.7 Å². The zero-order chi connectivity index (χ0) is 20.1. The molecule has 6 nitrogen and oxygen atoms in total. The van der Waals surface area contributed by atoms with Crippen LogP contribution in [0.5, 0.6) is 5.75 Å². The first kappa shape index (κ1) is 19.6. The zero-order valence-corrected chi connectivity index (χ0v) is 16.6. The molecular weight excluding hydrogens is 354 g/mol. The van der Waals surface area contributed by atoms with E-state index in [1.807, 2.05) is 44.4 Å². The quantitative estimate of drug-likeness (QED) is 0.631. The Bertz CT molecular complexity index is 950. The van der Waals surface area contributed by atoms with Gasteiger partial charge in [0.2, 0.25) is 0 Å². The summed E-state index contributed by atoms with van der Waals surface area (Å²) in [5.41, 5.74) is 1.66. The van der Waals surface area contributed by atoms with Crippen LogP contribution in [0.3, 0.4) is 0 Å². The van der Waals surface area contributed by atoms with Crippen molar-refractivity contribution in [2.45, 2.75) is 6.04 Å². The third-order valence-electron chi connectivity index (χ3n) is 4.78. The van der Waals surface area contributed by atoms with Crippen molar-refractivity contribution in [3.05, 3.63) is 65.9 Å². The maximum Gasteiger partial charge on any atom is 0.338 e. The average molecular weight is 379 g/mol. The van der Waals surface area contributed by atoms with Gasteiger partial charge in [-0.05, 0) is 49.3 Å². The second kappa shape index (κ2) is 8.71. The molecule has 0 aliphatic rings. The fourth-order valence-corrected chi connectivity index (χ4v) is 3.26. The van der Waals surface area contributed by atoms with Gasteiger partial charge in [0.1, 0.15) is 11.6 Å². The van der Waals surface area contributed by atoms with Crippen LogP contribution in [0.2, 0.25) is 0 Å². The molecule has 1 heterocycles. The molecule has 28 heavy (non-hydrogen) atoms. The molecule has 2 aromatic carbocycles. The van der Waals surface area contributed by atoms with Crippen molar-refractivity contribution in [1.29, 1.82) is 0 Å². The van der Waals surface area contributed by atoms with Crippen molar-refractivity contribution in [2.24, 2.45) is 0 Å². The van der Waals surface area contributed by atoms with Crippen molar-refractivity contribution >= 4 is 22.6 Å². The van der Waals surface area contributed by atoms with Gasteiger partial charge in [-0.1, -0.05) is 24.3 Å². The predicted octanol–water partition coefficient (Wildman–Crippen LogP) is 3.74. The van der Waals surface area contributed by atoms with E-state index in [2.05, 4.69) is 27.3 Å². The molecule has 1 N–H and O–H groups in total. The number of carbonyl (C=O) groups is 1. The van der Waals surface area contributed by atoms with Crippen LogP contribution in [0.15, 0.2) is 54.7 Å². The van der Waals surface area contributed by atoms with Gasteiger partial charge < -0.3 is 19.7 Å². The Morgan fingerprint density at radius 3 is 2.50 bits per heavy atom. The molecule has 146 valence electrons. The normalized spacial score (nSPS) is 12.0. The SMILES string of the molecule is COC(=O)c1cccc2ccnc(NCC(c3ccc(OC)cc3)N(C)C)c12. The zero-order valence-electron chi connectivity index (χ0n) is 16.6. The van der Waals surface area contributed by atoms with E-state index in [1.165, 1.54) is 7.11 Å². The van der Waals surface area contributed by atoms with Crippen LogP contribution in [0.1, 0.15) is 22.0 Å². The third-order valence-corrected chi connectivity index (χ3v) is 4.78. The first-order valence-electron chi connectivity index (χ1n) is 9.05. The molecule has 0 amide bonds. The maximum absolute atomic E-state index is 12.2. The summed E-state index contributed by atoms with van der Waals surface area (Å²) < 4.78 is 10.2. The monoisotopic (exact) mass is 379 g/mol. The molecule has 6 heteroatoms. The number of ether oxygens (including phenoxy) is 2. The Hall–Kier alpha value is -3.12. The fraction of sp³-hybridized carbons (Fsp3) is 0.273. The molecule has 1 atom stereocenters. The summed E-state index contributed by atoms with van der Waals surface area (Å²) in [5.74, 6) is 1.12. The number of esters is 1. The van der Waals surface area contributed by atoms with E-state index in [-0.39, 0.29) is 12.0 Å². The number of hydrogen-bond donors (Lipinski definition) is 1. The average Bonchev–Trinajstić information content (AvgIpc) is 2.73. The van der Waals surface area contributed by atoms with Gasteiger partial charge >= 0.3 is 5.97 Å². The molecule has 3 aromatic rings. The molecule has 1 aromatic heterocycles. The van der Waals surface area contributed by atoms with E-state index in [1.54, 1.807) is 19.4 Å². The summed E-state index contributed by atoms with van der Waals surface area (Å²) in [7, 11) is 7.11. The van der Waals surface area contributed by atoms with Crippen LogP contribution in [-0.2, 0) is 4.74 Å². The van der Waals surface area contributed by atoms with Gasteiger partial charge in [-0.25, -0.2) is 9.78 Å². The molecule has 0 fully saturated rings. The van der Waals surface area contributed by atoms with E-state index in [4.69, 9.17) is 9.47 Å². The number of carbonyl (C=O) groups excluding carboxylic acids is 1. The number of fused-ring (bicyclic) bond motifs is 1. The van der Waals surface area contributed by atoms with Crippen molar-refractivity contribution in [3.8, 4) is 5.75 Å². The van der Waals surface area contributed by atoms with Gasteiger partial charge in [0, 0.05) is 18.1 Å². The van der Waals surface area contributed by atoms with Crippen LogP contribution in [0.4, 0.5) is 5.82 Å². The molecule has 1 unspecified atom stereocenters. The lowest BCUT2D eigenvalue weighted by Crippen LogP contribution is -2.27. The van der Waals surface area contributed by atoms with Gasteiger partial charge in [-0.3, -0.25) is 0 Å². The van der Waals surface area contributed by atoms with Gasteiger partial charge in [-0.15, -0.1) is 0 Å². The van der Waals surface area contributed by atoms with Gasteiger partial charge in [0.15, 0.2) is 0 Å². The van der Waals surface area contributed by atoms with Crippen molar-refractivity contribution < 1.29 is 14.3 Å². The van der Waals surface area contributed by atoms with E-state index in [0.29, 0.717) is 17.9 Å². The second-order valence-electron chi connectivity index (χ2n) is 6.69. The fourth-order valence-electron chi connectivity index (χ4n) is 3.26. The molecule has 0 aliphatic heterocycles. The van der Waals surface area contributed by atoms with E-state index >= 15 is 0 Å². The lowest BCUT2D eigenvalue weighted by molar-refractivity contribution is 0.0603. The predicted molar refractivity (Wildman–Crippen MR) is 111 cm³/mol. The lowest BCUT2D eigenvalue weighted by atomic mass is 10.0. The Morgan fingerprint density at radius 2 is 1.86 bits per heavy atom. The van der Waals surface area contributed by atoms with Crippen LogP contribution in [-0.4, -0.2) is 50.7 Å². The summed E-state index contributed by atoms with van der Waals surface area (Å²) in [5, 5.41) is 5.13. The minimum atomic E-state index is -0.374. The van der Waals surface area contributed by atoms with Gasteiger partial charge in [-0.2, -0.15) is 0 Å². The molecule has 0 bridgehead atoms. The highest BCUT2D eigenvalue weighted by Gasteiger charge is 2.18. The number of methoxy groups -OCH3 is 2. The largest absolute Gasteiger partial charge is 0.497 e. The highest BCUT2D eigenvalue weighted by atomic mass is 16.5. The lowest BCUT2D eigenvalue weighted by Gasteiger charge is -2.26. The van der Waals surface area contributed by atoms with Crippen LogP contribution in [0.25, 0.3) is 10.8 Å². The summed E-state index contributed by atoms with van der Waals surface area (Å²) in [6, 6.07) is 15.6. The van der Waals surface area contributed by atoms with Gasteiger partial charge in [0.05, 0.1) is 25.8 Å². The first-order valence-corrected chi connectivity index (χ1v) is 9.05. The molecule has 0 saturated heterocycles. The summed E-state index contributed by atoms with van der Waals surface area (Å²) in [4.78, 5) is 18.8. The summed E-state index contributed by atoms with van der Waals surface area (Å²) in [6.45, 7) is 0.626. The number of likely N-dealkylation sites (N-methyl/N-ethyl adjacent to an activating group) is 1. The first-order chi connectivity index (χ1) is 13.5. The minimum absolute atomic E-state index is 0.119. The molecule has 0 saturated carbocycles. The number of rotatable bonds is 7. The van der Waals surface area contributed by atoms with E-state index < -0.39 is 0 Å². The Morgan fingerprint density at radius 1 is 1.11 bits per heavy atom.